The van der Waals surface area contributed by atoms with Crippen molar-refractivity contribution in [1.82, 2.24) is 9.97 Å². The summed E-state index contributed by atoms with van der Waals surface area (Å²) in [7, 11) is 1.36. The molecule has 16 heavy (non-hydrogen) atoms. The largest absolute Gasteiger partial charge is 0.468 e. The average molecular weight is 241 g/mol. The molecule has 88 valence electrons. The molecule has 0 aliphatic rings. The first-order valence-corrected chi connectivity index (χ1v) is 5.85. The molecule has 1 aromatic heterocycles. The number of thioether (sulfide) groups is 1. The van der Waals surface area contributed by atoms with Crippen molar-refractivity contribution in [2.24, 2.45) is 0 Å². The molecular formula is C10H15N3O2S. The van der Waals surface area contributed by atoms with E-state index >= 15 is 0 Å². The van der Waals surface area contributed by atoms with Crippen LogP contribution in [0.3, 0.4) is 0 Å². The van der Waals surface area contributed by atoms with Crippen LogP contribution in [0, 0.1) is 0 Å². The molecule has 0 aliphatic heterocycles. The monoisotopic (exact) mass is 241 g/mol. The number of aromatic nitrogens is 2. The predicted molar refractivity (Wildman–Crippen MR) is 63.3 cm³/mol. The predicted octanol–water partition coefficient (Wildman–Crippen LogP) is 1.45. The molecule has 0 aliphatic carbocycles. The van der Waals surface area contributed by atoms with Gasteiger partial charge in [-0.3, -0.25) is 4.79 Å². The van der Waals surface area contributed by atoms with Gasteiger partial charge in [0.25, 0.3) is 0 Å². The summed E-state index contributed by atoms with van der Waals surface area (Å²) in [6, 6.07) is 1.65. The van der Waals surface area contributed by atoms with E-state index in [2.05, 4.69) is 14.7 Å². The number of anilines is 1. The third kappa shape index (κ3) is 3.69. The summed E-state index contributed by atoms with van der Waals surface area (Å²) in [5, 5.41) is 0.696. The number of esters is 1. The van der Waals surface area contributed by atoms with E-state index in [1.807, 2.05) is 13.8 Å². The first-order valence-electron chi connectivity index (χ1n) is 4.87. The molecule has 1 aromatic rings. The Morgan fingerprint density at radius 2 is 2.25 bits per heavy atom. The zero-order valence-corrected chi connectivity index (χ0v) is 10.4. The molecule has 1 heterocycles. The van der Waals surface area contributed by atoms with E-state index in [0.29, 0.717) is 16.7 Å². The lowest BCUT2D eigenvalue weighted by atomic mass is 10.2. The Labute approximate surface area is 98.8 Å². The summed E-state index contributed by atoms with van der Waals surface area (Å²) >= 11 is 1.29. The summed E-state index contributed by atoms with van der Waals surface area (Å²) in [5.74, 6) is 1.26. The molecule has 0 amide bonds. The Morgan fingerprint density at radius 3 is 2.81 bits per heavy atom. The van der Waals surface area contributed by atoms with E-state index in [1.165, 1.54) is 18.9 Å². The molecule has 0 radical (unpaired) electrons. The number of hydrogen-bond donors (Lipinski definition) is 1. The van der Waals surface area contributed by atoms with Crippen LogP contribution in [-0.2, 0) is 9.53 Å². The third-order valence-corrected chi connectivity index (χ3v) is 2.71. The highest BCUT2D eigenvalue weighted by Crippen LogP contribution is 2.20. The Balaban J connectivity index is 2.76. The molecule has 0 saturated heterocycles. The highest BCUT2D eigenvalue weighted by Gasteiger charge is 2.08. The van der Waals surface area contributed by atoms with Gasteiger partial charge in [-0.05, 0) is 0 Å². The van der Waals surface area contributed by atoms with Crippen molar-refractivity contribution in [3.8, 4) is 0 Å². The van der Waals surface area contributed by atoms with Gasteiger partial charge >= 0.3 is 5.97 Å². The number of methoxy groups -OCH3 is 1. The van der Waals surface area contributed by atoms with Crippen LogP contribution in [0.4, 0.5) is 5.82 Å². The van der Waals surface area contributed by atoms with Gasteiger partial charge in [-0.2, -0.15) is 0 Å². The van der Waals surface area contributed by atoms with Gasteiger partial charge in [-0.25, -0.2) is 9.97 Å². The molecule has 0 spiro atoms. The fraction of sp³-hybridized carbons (Fsp3) is 0.500. The molecule has 5 nitrogen and oxygen atoms in total. The van der Waals surface area contributed by atoms with Crippen LogP contribution in [0.25, 0.3) is 0 Å². The lowest BCUT2D eigenvalue weighted by Crippen LogP contribution is -2.06. The van der Waals surface area contributed by atoms with Gasteiger partial charge in [0.1, 0.15) is 16.7 Å². The Kier molecular flexibility index (Phi) is 4.54. The van der Waals surface area contributed by atoms with Gasteiger partial charge in [-0.15, -0.1) is 0 Å². The van der Waals surface area contributed by atoms with Crippen LogP contribution in [0.1, 0.15) is 25.6 Å². The maximum Gasteiger partial charge on any atom is 0.316 e. The number of hydrogen-bond acceptors (Lipinski definition) is 6. The third-order valence-electron chi connectivity index (χ3n) is 1.82. The second kappa shape index (κ2) is 5.69. The fourth-order valence-electron chi connectivity index (χ4n) is 0.985. The van der Waals surface area contributed by atoms with Gasteiger partial charge < -0.3 is 10.5 Å². The second-order valence-electron chi connectivity index (χ2n) is 3.51. The molecule has 0 unspecified atom stereocenters. The lowest BCUT2D eigenvalue weighted by molar-refractivity contribution is -0.137. The number of carbonyl (C=O) groups excluding carboxylic acids is 1. The SMILES string of the molecule is COC(=O)CSc1cc(N)nc(C(C)C)n1. The van der Waals surface area contributed by atoms with Crippen LogP contribution >= 0.6 is 11.8 Å². The summed E-state index contributed by atoms with van der Waals surface area (Å²) in [5.41, 5.74) is 5.66. The number of nitrogens with two attached hydrogens (primary N) is 1. The minimum Gasteiger partial charge on any atom is -0.468 e. The van der Waals surface area contributed by atoms with Crippen LogP contribution < -0.4 is 5.73 Å². The zero-order valence-electron chi connectivity index (χ0n) is 9.56. The van der Waals surface area contributed by atoms with Crippen LogP contribution in [-0.4, -0.2) is 28.8 Å². The molecule has 1 rings (SSSR count). The molecular weight excluding hydrogens is 226 g/mol. The van der Waals surface area contributed by atoms with E-state index in [9.17, 15) is 4.79 Å². The van der Waals surface area contributed by atoms with Gasteiger partial charge in [0.15, 0.2) is 0 Å². The molecule has 0 atom stereocenters. The van der Waals surface area contributed by atoms with E-state index in [-0.39, 0.29) is 17.6 Å². The standard InChI is InChI=1S/C10H15N3O2S/c1-6(2)10-12-7(11)4-8(13-10)16-5-9(14)15-3/h4,6H,5H2,1-3H3,(H2,11,12,13). The number of nitrogens with zero attached hydrogens (tertiary/aromatic N) is 2. The van der Waals surface area contributed by atoms with Crippen molar-refractivity contribution < 1.29 is 9.53 Å². The first kappa shape index (κ1) is 12.8. The maximum atomic E-state index is 11.0. The Morgan fingerprint density at radius 1 is 1.56 bits per heavy atom. The van der Waals surface area contributed by atoms with E-state index in [1.54, 1.807) is 6.07 Å². The van der Waals surface area contributed by atoms with Crippen molar-refractivity contribution in [3.63, 3.8) is 0 Å². The number of nitrogen functional groups attached to an aromatic ring is 1. The fourth-order valence-corrected chi connectivity index (χ4v) is 1.73. The number of rotatable bonds is 4. The normalized spacial score (nSPS) is 10.5. The van der Waals surface area contributed by atoms with Gasteiger partial charge in [0.2, 0.25) is 0 Å². The summed E-state index contributed by atoms with van der Waals surface area (Å²) < 4.78 is 4.55. The van der Waals surface area contributed by atoms with Crippen LogP contribution in [0.2, 0.25) is 0 Å². The average Bonchev–Trinajstić information content (AvgIpc) is 2.25. The summed E-state index contributed by atoms with van der Waals surface area (Å²) in [6.07, 6.45) is 0. The van der Waals surface area contributed by atoms with Crippen molar-refractivity contribution >= 4 is 23.5 Å². The minimum atomic E-state index is -0.284. The van der Waals surface area contributed by atoms with E-state index < -0.39 is 0 Å². The van der Waals surface area contributed by atoms with Crippen LogP contribution in [0.5, 0.6) is 0 Å². The van der Waals surface area contributed by atoms with Gasteiger partial charge in [0, 0.05) is 12.0 Å². The first-order chi connectivity index (χ1) is 7.52. The Bertz CT molecular complexity index is 382. The molecule has 6 heteroatoms. The molecule has 2 N–H and O–H groups in total. The smallest absolute Gasteiger partial charge is 0.316 e. The van der Waals surface area contributed by atoms with Crippen molar-refractivity contribution in [2.45, 2.75) is 24.8 Å². The summed E-state index contributed by atoms with van der Waals surface area (Å²) in [6.45, 7) is 3.98. The highest BCUT2D eigenvalue weighted by molar-refractivity contribution is 7.99. The van der Waals surface area contributed by atoms with Crippen LogP contribution in [0.15, 0.2) is 11.1 Å². The highest BCUT2D eigenvalue weighted by atomic mass is 32.2. The Hall–Kier alpha value is -1.30. The van der Waals surface area contributed by atoms with Gasteiger partial charge in [-0.1, -0.05) is 25.6 Å². The van der Waals surface area contributed by atoms with E-state index in [4.69, 9.17) is 5.73 Å². The maximum absolute atomic E-state index is 11.0. The molecule has 0 fully saturated rings. The molecule has 0 saturated carbocycles. The molecule has 0 aromatic carbocycles. The second-order valence-corrected chi connectivity index (χ2v) is 4.50. The van der Waals surface area contributed by atoms with Crippen molar-refractivity contribution in [3.05, 3.63) is 11.9 Å². The minimum absolute atomic E-state index is 0.209. The summed E-state index contributed by atoms with van der Waals surface area (Å²) in [4.78, 5) is 19.4. The topological polar surface area (TPSA) is 78.1 Å². The number of ether oxygens (including phenoxy) is 1. The van der Waals surface area contributed by atoms with Crippen molar-refractivity contribution in [2.75, 3.05) is 18.6 Å². The quantitative estimate of drug-likeness (QED) is 0.488. The zero-order chi connectivity index (χ0) is 12.1. The van der Waals surface area contributed by atoms with Gasteiger partial charge in [0.05, 0.1) is 12.9 Å². The number of carbonyl (C=O) groups is 1. The van der Waals surface area contributed by atoms with Crippen molar-refractivity contribution in [1.29, 1.82) is 0 Å². The molecule has 0 bridgehead atoms. The van der Waals surface area contributed by atoms with E-state index in [0.717, 1.165) is 0 Å². The lowest BCUT2D eigenvalue weighted by Gasteiger charge is -2.07.